The van der Waals surface area contributed by atoms with Crippen molar-refractivity contribution in [1.29, 1.82) is 5.26 Å². The Balaban J connectivity index is 2.09. The van der Waals surface area contributed by atoms with Gasteiger partial charge in [-0.2, -0.15) is 5.26 Å². The van der Waals surface area contributed by atoms with Crippen molar-refractivity contribution in [3.05, 3.63) is 64.7 Å². The van der Waals surface area contributed by atoms with Gasteiger partial charge in [0, 0.05) is 17.3 Å². The zero-order valence-electron chi connectivity index (χ0n) is 16.6. The SMILES string of the molecule is CC1(C)OCC(N)=NC(C)(c2cc(C#Cc3ccc(C#N)cn3)ccc2F)C1(F)F. The van der Waals surface area contributed by atoms with Crippen LogP contribution in [0.25, 0.3) is 0 Å². The van der Waals surface area contributed by atoms with Crippen molar-refractivity contribution in [3.63, 3.8) is 0 Å². The monoisotopic (exact) mass is 412 g/mol. The van der Waals surface area contributed by atoms with Crippen LogP contribution in [-0.2, 0) is 10.3 Å². The summed E-state index contributed by atoms with van der Waals surface area (Å²) in [5.74, 6) is 0.960. The molecule has 1 aromatic heterocycles. The van der Waals surface area contributed by atoms with E-state index >= 15 is 8.78 Å². The molecule has 1 atom stereocenters. The van der Waals surface area contributed by atoms with E-state index in [9.17, 15) is 4.39 Å². The first-order valence-electron chi connectivity index (χ1n) is 9.04. The summed E-state index contributed by atoms with van der Waals surface area (Å²) in [6.07, 6.45) is 1.37. The Morgan fingerprint density at radius 1 is 1.10 bits per heavy atom. The van der Waals surface area contributed by atoms with Crippen LogP contribution >= 0.6 is 0 Å². The average molecular weight is 412 g/mol. The summed E-state index contributed by atoms with van der Waals surface area (Å²) in [5.41, 5.74) is 2.23. The third kappa shape index (κ3) is 3.62. The Bertz CT molecular complexity index is 1110. The fraction of sp³-hybridized carbons (Fsp3) is 0.318. The van der Waals surface area contributed by atoms with E-state index in [1.165, 1.54) is 32.2 Å². The summed E-state index contributed by atoms with van der Waals surface area (Å²) in [5, 5.41) is 8.81. The molecule has 2 N–H and O–H groups in total. The zero-order chi connectivity index (χ0) is 22.2. The molecule has 0 saturated heterocycles. The highest BCUT2D eigenvalue weighted by molar-refractivity contribution is 5.82. The van der Waals surface area contributed by atoms with E-state index in [0.717, 1.165) is 13.0 Å². The number of hydrogen-bond acceptors (Lipinski definition) is 5. The first-order valence-corrected chi connectivity index (χ1v) is 9.04. The Kier molecular flexibility index (Phi) is 5.32. The number of pyridine rings is 1. The summed E-state index contributed by atoms with van der Waals surface area (Å²) in [7, 11) is 0. The number of nitriles is 1. The van der Waals surface area contributed by atoms with Gasteiger partial charge in [0.15, 0.2) is 5.54 Å². The highest BCUT2D eigenvalue weighted by atomic mass is 19.3. The van der Waals surface area contributed by atoms with Gasteiger partial charge < -0.3 is 10.5 Å². The third-order valence-electron chi connectivity index (χ3n) is 5.03. The van der Waals surface area contributed by atoms with Crippen LogP contribution in [0.4, 0.5) is 13.2 Å². The van der Waals surface area contributed by atoms with E-state index in [2.05, 4.69) is 21.8 Å². The lowest BCUT2D eigenvalue weighted by Gasteiger charge is -2.41. The van der Waals surface area contributed by atoms with E-state index in [0.29, 0.717) is 16.8 Å². The van der Waals surface area contributed by atoms with Crippen molar-refractivity contribution >= 4 is 5.84 Å². The molecule has 5 nitrogen and oxygen atoms in total. The fourth-order valence-corrected chi connectivity index (χ4v) is 3.20. The molecular formula is C22H19F3N4O. The Labute approximate surface area is 172 Å². The first kappa shape index (κ1) is 21.4. The van der Waals surface area contributed by atoms with Crippen LogP contribution in [0.15, 0.2) is 41.5 Å². The van der Waals surface area contributed by atoms with Gasteiger partial charge in [0.2, 0.25) is 0 Å². The van der Waals surface area contributed by atoms with Gasteiger partial charge in [-0.1, -0.05) is 5.92 Å². The molecule has 2 aromatic rings. The highest BCUT2D eigenvalue weighted by Gasteiger charge is 2.63. The van der Waals surface area contributed by atoms with Gasteiger partial charge in [-0.25, -0.2) is 18.2 Å². The highest BCUT2D eigenvalue weighted by Crippen LogP contribution is 2.50. The predicted octanol–water partition coefficient (Wildman–Crippen LogP) is 3.51. The summed E-state index contributed by atoms with van der Waals surface area (Å²) in [6, 6.07) is 8.74. The molecule has 1 aliphatic heterocycles. The van der Waals surface area contributed by atoms with Gasteiger partial charge in [0.05, 0.1) is 5.56 Å². The number of aromatic nitrogens is 1. The molecular weight excluding hydrogens is 393 g/mol. The quantitative estimate of drug-likeness (QED) is 0.727. The predicted molar refractivity (Wildman–Crippen MR) is 105 cm³/mol. The second kappa shape index (κ2) is 7.47. The molecule has 8 heteroatoms. The zero-order valence-corrected chi connectivity index (χ0v) is 16.6. The lowest BCUT2D eigenvalue weighted by molar-refractivity contribution is -0.214. The maximum atomic E-state index is 15.5. The van der Waals surface area contributed by atoms with E-state index in [4.69, 9.17) is 15.7 Å². The minimum atomic E-state index is -3.58. The Morgan fingerprint density at radius 3 is 2.43 bits per heavy atom. The molecule has 30 heavy (non-hydrogen) atoms. The van der Waals surface area contributed by atoms with Crippen molar-refractivity contribution in [2.75, 3.05) is 6.61 Å². The number of nitrogens with zero attached hydrogens (tertiary/aromatic N) is 3. The number of nitrogens with two attached hydrogens (primary N) is 1. The lowest BCUT2D eigenvalue weighted by Crippen LogP contribution is -2.56. The van der Waals surface area contributed by atoms with Gasteiger partial charge in [-0.05, 0) is 57.0 Å². The molecule has 3 rings (SSSR count). The van der Waals surface area contributed by atoms with E-state index in [1.807, 2.05) is 6.07 Å². The smallest absolute Gasteiger partial charge is 0.304 e. The number of alkyl halides is 2. The summed E-state index contributed by atoms with van der Waals surface area (Å²) < 4.78 is 50.9. The minimum Gasteiger partial charge on any atom is -0.385 e. The normalized spacial score (nSPS) is 22.1. The molecule has 0 saturated carbocycles. The van der Waals surface area contributed by atoms with E-state index < -0.39 is 22.9 Å². The van der Waals surface area contributed by atoms with Crippen LogP contribution in [0.1, 0.15) is 43.2 Å². The number of aliphatic imine (C=N–C) groups is 1. The molecule has 2 heterocycles. The molecule has 1 aliphatic rings. The molecule has 0 bridgehead atoms. The summed E-state index contributed by atoms with van der Waals surface area (Å²) >= 11 is 0. The second-order valence-corrected chi connectivity index (χ2v) is 7.54. The minimum absolute atomic E-state index is 0.152. The van der Waals surface area contributed by atoms with E-state index in [-0.39, 0.29) is 18.0 Å². The number of ether oxygens (including phenoxy) is 1. The van der Waals surface area contributed by atoms with E-state index in [1.54, 1.807) is 12.1 Å². The van der Waals surface area contributed by atoms with Gasteiger partial charge in [0.1, 0.15) is 35.6 Å². The Morgan fingerprint density at radius 2 is 1.80 bits per heavy atom. The molecule has 0 fully saturated rings. The maximum absolute atomic E-state index is 15.5. The fourth-order valence-electron chi connectivity index (χ4n) is 3.20. The van der Waals surface area contributed by atoms with Crippen LogP contribution in [0.5, 0.6) is 0 Å². The molecule has 0 aliphatic carbocycles. The standard InChI is InChI=1S/C22H19F3N4O/c1-20(2)22(24,25)21(3,29-19(27)13-30-20)17-10-14(6-9-18(17)23)4-7-16-8-5-15(11-26)12-28-16/h5-6,8-10,12H,13H2,1-3H3,(H2,27,29). The van der Waals surface area contributed by atoms with Gasteiger partial charge >= 0.3 is 5.92 Å². The number of benzene rings is 1. The van der Waals surface area contributed by atoms with Gasteiger partial charge in [-0.3, -0.25) is 4.99 Å². The molecule has 0 amide bonds. The number of halogens is 3. The van der Waals surface area contributed by atoms with Crippen LogP contribution in [0, 0.1) is 29.0 Å². The van der Waals surface area contributed by atoms with Crippen molar-refractivity contribution < 1.29 is 17.9 Å². The van der Waals surface area contributed by atoms with Crippen LogP contribution in [-0.4, -0.2) is 29.0 Å². The van der Waals surface area contributed by atoms with Crippen molar-refractivity contribution in [3.8, 4) is 17.9 Å². The molecule has 154 valence electrons. The number of rotatable bonds is 1. The summed E-state index contributed by atoms with van der Waals surface area (Å²) in [6.45, 7) is 3.28. The number of hydrogen-bond donors (Lipinski definition) is 1. The largest absolute Gasteiger partial charge is 0.385 e. The lowest BCUT2D eigenvalue weighted by atomic mass is 9.77. The van der Waals surface area contributed by atoms with Crippen LogP contribution < -0.4 is 5.73 Å². The van der Waals surface area contributed by atoms with Gasteiger partial charge in [0.25, 0.3) is 0 Å². The Hall–Kier alpha value is -3.36. The van der Waals surface area contributed by atoms with Crippen molar-refractivity contribution in [1.82, 2.24) is 4.98 Å². The molecule has 1 unspecified atom stereocenters. The average Bonchev–Trinajstić information content (AvgIpc) is 2.77. The third-order valence-corrected chi connectivity index (χ3v) is 5.03. The second-order valence-electron chi connectivity index (χ2n) is 7.54. The maximum Gasteiger partial charge on any atom is 0.304 e. The molecule has 0 radical (unpaired) electrons. The van der Waals surface area contributed by atoms with Crippen LogP contribution in [0.2, 0.25) is 0 Å². The van der Waals surface area contributed by atoms with Gasteiger partial charge in [-0.15, -0.1) is 0 Å². The van der Waals surface area contributed by atoms with Crippen molar-refractivity contribution in [2.45, 2.75) is 37.8 Å². The first-order chi connectivity index (χ1) is 14.0. The molecule has 0 spiro atoms. The number of amidine groups is 1. The van der Waals surface area contributed by atoms with Crippen LogP contribution in [0.3, 0.4) is 0 Å². The summed E-state index contributed by atoms with van der Waals surface area (Å²) in [4.78, 5) is 7.98. The van der Waals surface area contributed by atoms with Crippen molar-refractivity contribution in [2.24, 2.45) is 10.7 Å². The molecule has 1 aromatic carbocycles. The topological polar surface area (TPSA) is 84.3 Å².